The van der Waals surface area contributed by atoms with E-state index in [2.05, 4.69) is 0 Å². The summed E-state index contributed by atoms with van der Waals surface area (Å²) in [6, 6.07) is 3.81. The van der Waals surface area contributed by atoms with Crippen LogP contribution in [0.3, 0.4) is 0 Å². The Labute approximate surface area is 180 Å². The molecule has 0 aliphatic carbocycles. The molecule has 1 atom stereocenters. The highest BCUT2D eigenvalue weighted by molar-refractivity contribution is 6.38. The second-order valence-corrected chi connectivity index (χ2v) is 8.31. The Morgan fingerprint density at radius 3 is 2.27 bits per heavy atom. The van der Waals surface area contributed by atoms with Crippen LogP contribution in [0.25, 0.3) is 6.08 Å². The fraction of sp³-hybridized carbons (Fsp3) is 0.583. The summed E-state index contributed by atoms with van der Waals surface area (Å²) in [6.07, 6.45) is 8.30. The Kier molecular flexibility index (Phi) is 8.33. The quantitative estimate of drug-likeness (QED) is 0.554. The van der Waals surface area contributed by atoms with Crippen LogP contribution >= 0.6 is 0 Å². The molecule has 0 bridgehead atoms. The van der Waals surface area contributed by atoms with Gasteiger partial charge < -0.3 is 19.1 Å². The van der Waals surface area contributed by atoms with E-state index >= 15 is 0 Å². The number of benzene rings is 1. The molecule has 1 aliphatic rings. The number of ether oxygens (including phenoxy) is 3. The number of hydrogen-bond donors (Lipinski definition) is 0. The molecule has 0 spiro atoms. The fourth-order valence-corrected chi connectivity index (χ4v) is 3.65. The van der Waals surface area contributed by atoms with Crippen LogP contribution in [0.1, 0.15) is 58.4 Å². The molecular formula is C24H35NO5. The molecule has 1 aromatic rings. The third-order valence-electron chi connectivity index (χ3n) is 5.99. The zero-order valence-electron chi connectivity index (χ0n) is 19.1. The Morgan fingerprint density at radius 1 is 1.10 bits per heavy atom. The molecule has 6 heteroatoms. The van der Waals surface area contributed by atoms with Gasteiger partial charge in [0.15, 0.2) is 11.5 Å². The number of methoxy groups -OCH3 is 3. The standard InChI is InChI=1S/C24H35NO5/c1-7-24(2,3)22(26)23(27)25-14-9-8-12-18(25)13-10-11-17-15-19(28-4)21(30-6)20(16-17)29-5/h10-11,15-16,18H,7-9,12-14H2,1-6H3. The SMILES string of the molecule is CCC(C)(C)C(=O)C(=O)N1CCCCC1CC=Cc1cc(OC)c(OC)c(OC)c1. The Hall–Kier alpha value is -2.50. The number of rotatable bonds is 9. The minimum absolute atomic E-state index is 0.0427. The Balaban J connectivity index is 2.15. The zero-order valence-corrected chi connectivity index (χ0v) is 19.1. The molecule has 0 aromatic heterocycles. The monoisotopic (exact) mass is 417 g/mol. The Morgan fingerprint density at radius 2 is 1.73 bits per heavy atom. The molecular weight excluding hydrogens is 382 g/mol. The third-order valence-corrected chi connectivity index (χ3v) is 5.99. The second-order valence-electron chi connectivity index (χ2n) is 8.31. The molecule has 1 fully saturated rings. The number of nitrogens with zero attached hydrogens (tertiary/aromatic N) is 1. The maximum Gasteiger partial charge on any atom is 0.290 e. The largest absolute Gasteiger partial charge is 0.493 e. The lowest BCUT2D eigenvalue weighted by Crippen LogP contribution is -2.49. The van der Waals surface area contributed by atoms with Crippen LogP contribution in [0.15, 0.2) is 18.2 Å². The van der Waals surface area contributed by atoms with E-state index in [1.165, 1.54) is 0 Å². The normalized spacial score (nSPS) is 17.1. The first-order valence-electron chi connectivity index (χ1n) is 10.6. The number of ketones is 1. The summed E-state index contributed by atoms with van der Waals surface area (Å²) < 4.78 is 16.2. The maximum absolute atomic E-state index is 12.9. The van der Waals surface area contributed by atoms with Crippen molar-refractivity contribution in [2.45, 2.75) is 58.9 Å². The van der Waals surface area contributed by atoms with E-state index in [1.54, 1.807) is 26.2 Å². The predicted molar refractivity (Wildman–Crippen MR) is 118 cm³/mol. The molecule has 0 saturated carbocycles. The van der Waals surface area contributed by atoms with Crippen molar-refractivity contribution in [3.05, 3.63) is 23.8 Å². The van der Waals surface area contributed by atoms with Gasteiger partial charge in [0.1, 0.15) is 0 Å². The van der Waals surface area contributed by atoms with E-state index in [9.17, 15) is 9.59 Å². The van der Waals surface area contributed by atoms with Crippen LogP contribution in [-0.2, 0) is 9.59 Å². The summed E-state index contributed by atoms with van der Waals surface area (Å²) in [6.45, 7) is 6.28. The van der Waals surface area contributed by atoms with Crippen molar-refractivity contribution in [3.8, 4) is 17.2 Å². The lowest BCUT2D eigenvalue weighted by atomic mass is 9.84. The van der Waals surface area contributed by atoms with Crippen LogP contribution in [0.2, 0.25) is 0 Å². The van der Waals surface area contributed by atoms with Gasteiger partial charge in [0.05, 0.1) is 21.3 Å². The number of piperidine rings is 1. The summed E-state index contributed by atoms with van der Waals surface area (Å²) >= 11 is 0. The number of Topliss-reactive ketones (excluding diaryl/α,β-unsaturated/α-hetero) is 1. The van der Waals surface area contributed by atoms with Gasteiger partial charge in [-0.05, 0) is 49.8 Å². The summed E-state index contributed by atoms with van der Waals surface area (Å²) in [5.74, 6) is 1.12. The summed E-state index contributed by atoms with van der Waals surface area (Å²) in [4.78, 5) is 27.4. The molecule has 1 heterocycles. The molecule has 0 radical (unpaired) electrons. The second kappa shape index (κ2) is 10.5. The molecule has 166 valence electrons. The van der Waals surface area contributed by atoms with Crippen molar-refractivity contribution >= 4 is 17.8 Å². The van der Waals surface area contributed by atoms with Gasteiger partial charge in [-0.25, -0.2) is 0 Å². The van der Waals surface area contributed by atoms with E-state index in [1.807, 2.05) is 45.1 Å². The van der Waals surface area contributed by atoms with Gasteiger partial charge in [0, 0.05) is 18.0 Å². The molecule has 1 aromatic carbocycles. The van der Waals surface area contributed by atoms with Gasteiger partial charge in [0.2, 0.25) is 11.5 Å². The van der Waals surface area contributed by atoms with Crippen molar-refractivity contribution in [2.75, 3.05) is 27.9 Å². The number of likely N-dealkylation sites (tertiary alicyclic amines) is 1. The smallest absolute Gasteiger partial charge is 0.290 e. The topological polar surface area (TPSA) is 65.1 Å². The van der Waals surface area contributed by atoms with Gasteiger partial charge in [0.25, 0.3) is 5.91 Å². The van der Waals surface area contributed by atoms with Crippen molar-refractivity contribution in [2.24, 2.45) is 5.41 Å². The van der Waals surface area contributed by atoms with Crippen LogP contribution in [0.4, 0.5) is 0 Å². The minimum atomic E-state index is -0.620. The van der Waals surface area contributed by atoms with Gasteiger partial charge in [-0.15, -0.1) is 0 Å². The van der Waals surface area contributed by atoms with Crippen LogP contribution in [0, 0.1) is 5.41 Å². The molecule has 1 unspecified atom stereocenters. The highest BCUT2D eigenvalue weighted by atomic mass is 16.5. The zero-order chi connectivity index (χ0) is 22.3. The first-order valence-corrected chi connectivity index (χ1v) is 10.6. The molecule has 0 N–H and O–H groups in total. The van der Waals surface area contributed by atoms with Gasteiger partial charge in [-0.3, -0.25) is 9.59 Å². The van der Waals surface area contributed by atoms with Crippen LogP contribution < -0.4 is 14.2 Å². The fourth-order valence-electron chi connectivity index (χ4n) is 3.65. The molecule has 6 nitrogen and oxygen atoms in total. The molecule has 1 amide bonds. The van der Waals surface area contributed by atoms with E-state index in [0.29, 0.717) is 36.6 Å². The van der Waals surface area contributed by atoms with E-state index in [0.717, 1.165) is 24.8 Å². The number of hydrogen-bond acceptors (Lipinski definition) is 5. The first kappa shape index (κ1) is 23.8. The molecule has 1 saturated heterocycles. The van der Waals surface area contributed by atoms with E-state index < -0.39 is 5.41 Å². The van der Waals surface area contributed by atoms with Crippen LogP contribution in [0.5, 0.6) is 17.2 Å². The van der Waals surface area contributed by atoms with E-state index in [-0.39, 0.29) is 17.7 Å². The number of amides is 1. The minimum Gasteiger partial charge on any atom is -0.493 e. The third kappa shape index (κ3) is 5.35. The summed E-state index contributed by atoms with van der Waals surface area (Å²) in [7, 11) is 4.75. The highest BCUT2D eigenvalue weighted by Gasteiger charge is 2.37. The summed E-state index contributed by atoms with van der Waals surface area (Å²) in [5, 5.41) is 0. The number of carbonyl (C=O) groups excluding carboxylic acids is 2. The molecule has 2 rings (SSSR count). The van der Waals surface area contributed by atoms with Crippen molar-refractivity contribution in [1.29, 1.82) is 0 Å². The van der Waals surface area contributed by atoms with Crippen molar-refractivity contribution in [3.63, 3.8) is 0 Å². The lowest BCUT2D eigenvalue weighted by molar-refractivity contribution is -0.151. The molecule has 1 aliphatic heterocycles. The van der Waals surface area contributed by atoms with Crippen molar-refractivity contribution in [1.82, 2.24) is 4.90 Å². The van der Waals surface area contributed by atoms with Gasteiger partial charge in [-0.1, -0.05) is 32.9 Å². The van der Waals surface area contributed by atoms with Crippen LogP contribution in [-0.4, -0.2) is 50.5 Å². The number of carbonyl (C=O) groups is 2. The predicted octanol–water partition coefficient (Wildman–Crippen LogP) is 4.50. The van der Waals surface area contributed by atoms with Crippen molar-refractivity contribution < 1.29 is 23.8 Å². The maximum atomic E-state index is 12.9. The average Bonchev–Trinajstić information content (AvgIpc) is 2.77. The first-order chi connectivity index (χ1) is 14.3. The molecule has 30 heavy (non-hydrogen) atoms. The van der Waals surface area contributed by atoms with Gasteiger partial charge >= 0.3 is 0 Å². The summed E-state index contributed by atoms with van der Waals surface area (Å²) in [5.41, 5.74) is 0.298. The lowest BCUT2D eigenvalue weighted by Gasteiger charge is -2.36. The Bertz CT molecular complexity index is 759. The highest BCUT2D eigenvalue weighted by Crippen LogP contribution is 2.38. The van der Waals surface area contributed by atoms with E-state index in [4.69, 9.17) is 14.2 Å². The van der Waals surface area contributed by atoms with Gasteiger partial charge in [-0.2, -0.15) is 0 Å². The average molecular weight is 418 g/mol.